The first-order chi connectivity index (χ1) is 10.7. The molecular weight excluding hydrogens is 284 g/mol. The number of aromatic nitrogens is 3. The Kier molecular flexibility index (Phi) is 3.95. The lowest BCUT2D eigenvalue weighted by molar-refractivity contribution is -0.120. The van der Waals surface area contributed by atoms with Gasteiger partial charge in [-0.3, -0.25) is 4.79 Å². The van der Waals surface area contributed by atoms with E-state index in [9.17, 15) is 4.79 Å². The molecule has 3 aromatic rings. The first-order valence-electron chi connectivity index (χ1n) is 6.77. The number of aryl methyl sites for hydroxylation is 1. The summed E-state index contributed by atoms with van der Waals surface area (Å²) < 4.78 is 10.4. The summed E-state index contributed by atoms with van der Waals surface area (Å²) in [4.78, 5) is 11.8. The van der Waals surface area contributed by atoms with E-state index in [2.05, 4.69) is 20.7 Å². The van der Waals surface area contributed by atoms with Gasteiger partial charge in [0.15, 0.2) is 0 Å². The lowest BCUT2D eigenvalue weighted by atomic mass is 10.2. The molecule has 1 aromatic carbocycles. The molecule has 0 saturated carbocycles. The minimum Gasteiger partial charge on any atom is -0.419 e. The molecule has 0 saturated heterocycles. The van der Waals surface area contributed by atoms with Crippen molar-refractivity contribution < 1.29 is 13.7 Å². The minimum absolute atomic E-state index is 0.150. The van der Waals surface area contributed by atoms with Crippen LogP contribution in [0.3, 0.4) is 0 Å². The highest BCUT2D eigenvalue weighted by atomic mass is 16.5. The van der Waals surface area contributed by atoms with E-state index in [0.29, 0.717) is 23.2 Å². The van der Waals surface area contributed by atoms with E-state index in [0.717, 1.165) is 5.56 Å². The molecular formula is C15H14N4O3. The van der Waals surface area contributed by atoms with Crippen LogP contribution in [0.15, 0.2) is 45.3 Å². The molecule has 0 spiro atoms. The molecule has 0 unspecified atom stereocenters. The number of carbonyl (C=O) groups is 1. The average Bonchev–Trinajstić information content (AvgIpc) is 3.15. The largest absolute Gasteiger partial charge is 0.419 e. The van der Waals surface area contributed by atoms with Crippen LogP contribution in [0.4, 0.5) is 0 Å². The second-order valence-electron chi connectivity index (χ2n) is 4.75. The molecule has 7 heteroatoms. The quantitative estimate of drug-likeness (QED) is 0.773. The van der Waals surface area contributed by atoms with Crippen molar-refractivity contribution in [2.24, 2.45) is 0 Å². The fraction of sp³-hybridized carbons (Fsp3) is 0.200. The maximum Gasteiger partial charge on any atom is 0.247 e. The van der Waals surface area contributed by atoms with Crippen LogP contribution in [-0.4, -0.2) is 21.3 Å². The Balaban J connectivity index is 1.56. The van der Waals surface area contributed by atoms with Gasteiger partial charge in [-0.15, -0.1) is 10.2 Å². The number of nitrogens with one attached hydrogen (secondary N) is 1. The van der Waals surface area contributed by atoms with Crippen LogP contribution in [0.1, 0.15) is 17.3 Å². The van der Waals surface area contributed by atoms with Gasteiger partial charge in [-0.05, 0) is 19.1 Å². The van der Waals surface area contributed by atoms with Crippen molar-refractivity contribution in [3.05, 3.63) is 53.7 Å². The van der Waals surface area contributed by atoms with Crippen molar-refractivity contribution in [2.45, 2.75) is 19.9 Å². The molecule has 0 radical (unpaired) electrons. The van der Waals surface area contributed by atoms with Crippen LogP contribution >= 0.6 is 0 Å². The second-order valence-corrected chi connectivity index (χ2v) is 4.75. The molecule has 112 valence electrons. The molecule has 0 bridgehead atoms. The molecule has 0 aliphatic heterocycles. The Labute approximate surface area is 126 Å². The highest BCUT2D eigenvalue weighted by molar-refractivity contribution is 5.77. The summed E-state index contributed by atoms with van der Waals surface area (Å²) in [5.41, 5.74) is 1.43. The number of hydrogen-bond acceptors (Lipinski definition) is 6. The predicted molar refractivity (Wildman–Crippen MR) is 76.5 cm³/mol. The molecule has 0 fully saturated rings. The summed E-state index contributed by atoms with van der Waals surface area (Å²) in [7, 11) is 0. The third-order valence-corrected chi connectivity index (χ3v) is 2.94. The normalized spacial score (nSPS) is 10.6. The van der Waals surface area contributed by atoms with Gasteiger partial charge in [-0.2, -0.15) is 0 Å². The standard InChI is InChI=1S/C15H14N4O3/c1-10-7-12(19-22-10)8-13(20)16-9-14-17-18-15(21-14)11-5-3-2-4-6-11/h2-7H,8-9H2,1H3,(H,16,20). The molecule has 7 nitrogen and oxygen atoms in total. The van der Waals surface area contributed by atoms with E-state index in [4.69, 9.17) is 8.94 Å². The van der Waals surface area contributed by atoms with Gasteiger partial charge in [-0.25, -0.2) is 0 Å². The molecule has 22 heavy (non-hydrogen) atoms. The van der Waals surface area contributed by atoms with Crippen LogP contribution in [0.2, 0.25) is 0 Å². The minimum atomic E-state index is -0.187. The maximum atomic E-state index is 11.8. The number of rotatable bonds is 5. The lowest BCUT2D eigenvalue weighted by Crippen LogP contribution is -2.24. The van der Waals surface area contributed by atoms with Crippen LogP contribution < -0.4 is 5.32 Å². The summed E-state index contributed by atoms with van der Waals surface area (Å²) in [6.45, 7) is 1.95. The van der Waals surface area contributed by atoms with Gasteiger partial charge in [0.25, 0.3) is 0 Å². The van der Waals surface area contributed by atoms with Gasteiger partial charge in [0.05, 0.1) is 18.7 Å². The van der Waals surface area contributed by atoms with Gasteiger partial charge in [0.2, 0.25) is 17.7 Å². The van der Waals surface area contributed by atoms with E-state index in [1.165, 1.54) is 0 Å². The first kappa shape index (κ1) is 14.0. The van der Waals surface area contributed by atoms with Crippen molar-refractivity contribution in [2.75, 3.05) is 0 Å². The van der Waals surface area contributed by atoms with Crippen LogP contribution in [0.5, 0.6) is 0 Å². The monoisotopic (exact) mass is 298 g/mol. The van der Waals surface area contributed by atoms with E-state index in [1.807, 2.05) is 30.3 Å². The van der Waals surface area contributed by atoms with E-state index in [1.54, 1.807) is 13.0 Å². The lowest BCUT2D eigenvalue weighted by Gasteiger charge is -1.99. The number of carbonyl (C=O) groups excluding carboxylic acids is 1. The molecule has 1 amide bonds. The van der Waals surface area contributed by atoms with Gasteiger partial charge in [-0.1, -0.05) is 23.4 Å². The Hall–Kier alpha value is -2.96. The summed E-state index contributed by atoms with van der Waals surface area (Å²) in [5, 5.41) is 14.3. The van der Waals surface area contributed by atoms with Crippen molar-refractivity contribution in [3.63, 3.8) is 0 Å². The van der Waals surface area contributed by atoms with Crippen LogP contribution in [0.25, 0.3) is 11.5 Å². The SMILES string of the molecule is Cc1cc(CC(=O)NCc2nnc(-c3ccccc3)o2)no1. The molecule has 3 rings (SSSR count). The summed E-state index contributed by atoms with van der Waals surface area (Å²) in [5.74, 6) is 1.26. The molecule has 0 aliphatic rings. The van der Waals surface area contributed by atoms with Crippen LogP contribution in [0, 0.1) is 6.92 Å². The zero-order chi connectivity index (χ0) is 15.4. The van der Waals surface area contributed by atoms with Gasteiger partial charge in [0.1, 0.15) is 5.76 Å². The van der Waals surface area contributed by atoms with Crippen molar-refractivity contribution in [1.82, 2.24) is 20.7 Å². The highest BCUT2D eigenvalue weighted by Gasteiger charge is 2.11. The Morgan fingerprint density at radius 2 is 2.05 bits per heavy atom. The second kappa shape index (κ2) is 6.21. The molecule has 2 aromatic heterocycles. The first-order valence-corrected chi connectivity index (χ1v) is 6.77. The van der Waals surface area contributed by atoms with E-state index >= 15 is 0 Å². The Morgan fingerprint density at radius 3 is 2.77 bits per heavy atom. The Bertz CT molecular complexity index is 764. The zero-order valence-corrected chi connectivity index (χ0v) is 11.9. The van der Waals surface area contributed by atoms with Crippen LogP contribution in [-0.2, 0) is 17.8 Å². The topological polar surface area (TPSA) is 94.1 Å². The predicted octanol–water partition coefficient (Wildman–Crippen LogP) is 1.89. The third-order valence-electron chi connectivity index (χ3n) is 2.94. The van der Waals surface area contributed by atoms with Crippen molar-refractivity contribution >= 4 is 5.91 Å². The number of benzene rings is 1. The van der Waals surface area contributed by atoms with Crippen molar-refractivity contribution in [1.29, 1.82) is 0 Å². The van der Waals surface area contributed by atoms with Gasteiger partial charge >= 0.3 is 0 Å². The number of amides is 1. The smallest absolute Gasteiger partial charge is 0.247 e. The average molecular weight is 298 g/mol. The molecule has 0 atom stereocenters. The molecule has 0 aliphatic carbocycles. The summed E-state index contributed by atoms with van der Waals surface area (Å²) in [6.07, 6.45) is 0.150. The van der Waals surface area contributed by atoms with E-state index in [-0.39, 0.29) is 18.9 Å². The summed E-state index contributed by atoms with van der Waals surface area (Å²) >= 11 is 0. The summed E-state index contributed by atoms with van der Waals surface area (Å²) in [6, 6.07) is 11.2. The van der Waals surface area contributed by atoms with Gasteiger partial charge in [0, 0.05) is 11.6 Å². The number of hydrogen-bond donors (Lipinski definition) is 1. The fourth-order valence-corrected chi connectivity index (χ4v) is 1.92. The fourth-order valence-electron chi connectivity index (χ4n) is 1.92. The maximum absolute atomic E-state index is 11.8. The van der Waals surface area contributed by atoms with E-state index < -0.39 is 0 Å². The molecule has 2 heterocycles. The van der Waals surface area contributed by atoms with Crippen molar-refractivity contribution in [3.8, 4) is 11.5 Å². The Morgan fingerprint density at radius 1 is 1.23 bits per heavy atom. The highest BCUT2D eigenvalue weighted by Crippen LogP contribution is 2.16. The molecule has 1 N–H and O–H groups in total. The van der Waals surface area contributed by atoms with Gasteiger partial charge < -0.3 is 14.3 Å². The zero-order valence-electron chi connectivity index (χ0n) is 11.9. The third kappa shape index (κ3) is 3.38. The number of nitrogens with zero attached hydrogens (tertiary/aromatic N) is 3.